The number of benzene rings is 3. The molecule has 35 heavy (non-hydrogen) atoms. The molecule has 5 nitrogen and oxygen atoms in total. The second-order valence-corrected chi connectivity index (χ2v) is 9.97. The van der Waals surface area contributed by atoms with Gasteiger partial charge in [-0.2, -0.15) is 4.57 Å². The molecule has 6 heteroatoms. The van der Waals surface area contributed by atoms with Gasteiger partial charge in [-0.3, -0.25) is 4.79 Å². The van der Waals surface area contributed by atoms with Crippen LogP contribution >= 0.6 is 11.8 Å². The first-order valence-corrected chi connectivity index (χ1v) is 12.5. The van der Waals surface area contributed by atoms with Gasteiger partial charge in [0.1, 0.15) is 7.05 Å². The van der Waals surface area contributed by atoms with Gasteiger partial charge in [0.05, 0.1) is 6.04 Å². The minimum Gasteiger partial charge on any atom is -0.309 e. The van der Waals surface area contributed by atoms with Gasteiger partial charge in [-0.15, -0.1) is 0 Å². The van der Waals surface area contributed by atoms with Crippen LogP contribution in [0.2, 0.25) is 0 Å². The van der Waals surface area contributed by atoms with E-state index < -0.39 is 5.12 Å². The van der Waals surface area contributed by atoms with Gasteiger partial charge >= 0.3 is 0 Å². The molecule has 6 rings (SSSR count). The third kappa shape index (κ3) is 3.80. The van der Waals surface area contributed by atoms with Crippen LogP contribution in [0, 0.1) is 0 Å². The molecule has 0 radical (unpaired) electrons. The molecule has 2 aliphatic rings. The number of aryl methyl sites for hydroxylation is 1. The molecule has 2 unspecified atom stereocenters. The maximum absolute atomic E-state index is 13.6. The lowest BCUT2D eigenvalue weighted by Crippen LogP contribution is -2.56. The first kappa shape index (κ1) is 21.6. The standard InChI is InChI=1S/C29H24N4OS/c1-32-18-10-9-17-27(32)35-29(31-28(34)21-11-3-2-4-12-21)30-20-26-24-15-7-5-13-22(24)19-23-14-6-8-16-25(23)33(26)29/h2-18,20,26H,19H2,1H3/p+1. The average molecular weight is 478 g/mol. The summed E-state index contributed by atoms with van der Waals surface area (Å²) in [6, 6.07) is 32.3. The van der Waals surface area contributed by atoms with Crippen LogP contribution < -0.4 is 14.8 Å². The molecule has 0 saturated heterocycles. The van der Waals surface area contributed by atoms with E-state index in [4.69, 9.17) is 4.99 Å². The van der Waals surface area contributed by atoms with E-state index in [0.29, 0.717) is 5.56 Å². The van der Waals surface area contributed by atoms with Crippen LogP contribution in [0.1, 0.15) is 33.1 Å². The SMILES string of the molecule is C[n+]1ccccc1SC1(NC(=O)c2ccccc2)N=CC2c3ccccc3Cc3ccccc3N21. The Morgan fingerprint density at radius 2 is 1.66 bits per heavy atom. The summed E-state index contributed by atoms with van der Waals surface area (Å²) in [6.07, 6.45) is 4.83. The largest absolute Gasteiger partial charge is 0.309 e. The zero-order valence-corrected chi connectivity index (χ0v) is 20.2. The van der Waals surface area contributed by atoms with E-state index in [1.54, 1.807) is 11.8 Å². The second kappa shape index (κ2) is 8.71. The normalized spacial score (nSPS) is 19.9. The van der Waals surface area contributed by atoms with Gasteiger partial charge in [0.2, 0.25) is 5.03 Å². The summed E-state index contributed by atoms with van der Waals surface area (Å²) in [5.74, 6) is -0.163. The van der Waals surface area contributed by atoms with Gasteiger partial charge in [-0.25, -0.2) is 4.99 Å². The summed E-state index contributed by atoms with van der Waals surface area (Å²) in [7, 11) is 2.01. The lowest BCUT2D eigenvalue weighted by Gasteiger charge is -2.40. The fourth-order valence-corrected chi connectivity index (χ4v) is 6.08. The predicted molar refractivity (Wildman–Crippen MR) is 140 cm³/mol. The van der Waals surface area contributed by atoms with Crippen LogP contribution in [0.3, 0.4) is 0 Å². The van der Waals surface area contributed by atoms with Crippen LogP contribution in [0.25, 0.3) is 0 Å². The number of amides is 1. The van der Waals surface area contributed by atoms with Crippen molar-refractivity contribution in [2.24, 2.45) is 12.0 Å². The van der Waals surface area contributed by atoms with E-state index in [2.05, 4.69) is 69.4 Å². The van der Waals surface area contributed by atoms with E-state index in [-0.39, 0.29) is 11.9 Å². The number of carbonyl (C=O) groups excluding carboxylic acids is 1. The zero-order chi connectivity index (χ0) is 23.8. The highest BCUT2D eigenvalue weighted by Gasteiger charge is 2.50. The van der Waals surface area contributed by atoms with Crippen LogP contribution in [0.15, 0.2) is 113 Å². The van der Waals surface area contributed by atoms with E-state index in [1.165, 1.54) is 16.7 Å². The molecule has 3 heterocycles. The highest BCUT2D eigenvalue weighted by molar-refractivity contribution is 8.00. The van der Waals surface area contributed by atoms with Crippen molar-refractivity contribution in [1.29, 1.82) is 0 Å². The van der Waals surface area contributed by atoms with Crippen LogP contribution in [0.4, 0.5) is 5.69 Å². The van der Waals surface area contributed by atoms with Gasteiger partial charge < -0.3 is 10.2 Å². The maximum atomic E-state index is 13.6. The fraction of sp³-hybridized carbons (Fsp3) is 0.138. The van der Waals surface area contributed by atoms with Crippen molar-refractivity contribution < 1.29 is 9.36 Å². The monoisotopic (exact) mass is 477 g/mol. The molecule has 172 valence electrons. The first-order chi connectivity index (χ1) is 17.1. The Morgan fingerprint density at radius 3 is 2.49 bits per heavy atom. The lowest BCUT2D eigenvalue weighted by atomic mass is 9.98. The summed E-state index contributed by atoms with van der Waals surface area (Å²) in [6.45, 7) is 0. The van der Waals surface area contributed by atoms with Crippen LogP contribution in [-0.2, 0) is 13.5 Å². The second-order valence-electron chi connectivity index (χ2n) is 8.78. The van der Waals surface area contributed by atoms with Crippen molar-refractivity contribution in [1.82, 2.24) is 5.32 Å². The number of carbonyl (C=O) groups is 1. The molecular weight excluding hydrogens is 452 g/mol. The van der Waals surface area contributed by atoms with Gasteiger partial charge in [-0.05, 0) is 47.4 Å². The van der Waals surface area contributed by atoms with Gasteiger partial charge in [0.15, 0.2) is 6.20 Å². The Morgan fingerprint density at radius 1 is 0.943 bits per heavy atom. The molecule has 0 aliphatic carbocycles. The quantitative estimate of drug-likeness (QED) is 0.337. The fourth-order valence-electron chi connectivity index (χ4n) is 4.87. The number of hydrogen-bond acceptors (Lipinski definition) is 4. The highest BCUT2D eigenvalue weighted by Crippen LogP contribution is 2.49. The Bertz CT molecular complexity index is 1440. The summed E-state index contributed by atoms with van der Waals surface area (Å²) in [5, 5.41) is 3.25. The Hall–Kier alpha value is -3.90. The molecule has 0 fully saturated rings. The van der Waals surface area contributed by atoms with E-state index in [1.807, 2.05) is 61.9 Å². The number of para-hydroxylation sites is 1. The molecule has 0 saturated carbocycles. The van der Waals surface area contributed by atoms with Crippen LogP contribution in [-0.4, -0.2) is 17.2 Å². The molecule has 2 atom stereocenters. The predicted octanol–water partition coefficient (Wildman–Crippen LogP) is 4.88. The third-order valence-corrected chi connectivity index (χ3v) is 7.89. The van der Waals surface area contributed by atoms with Gasteiger partial charge in [0, 0.05) is 41.4 Å². The van der Waals surface area contributed by atoms with E-state index >= 15 is 0 Å². The topological polar surface area (TPSA) is 48.6 Å². The van der Waals surface area contributed by atoms with Crippen molar-refractivity contribution in [2.45, 2.75) is 22.6 Å². The van der Waals surface area contributed by atoms with Crippen molar-refractivity contribution in [2.75, 3.05) is 4.90 Å². The number of nitrogens with zero attached hydrogens (tertiary/aromatic N) is 3. The Kier molecular flexibility index (Phi) is 5.38. The molecule has 0 bridgehead atoms. The molecule has 0 spiro atoms. The number of fused-ring (bicyclic) bond motifs is 5. The van der Waals surface area contributed by atoms with Gasteiger partial charge in [-0.1, -0.05) is 60.7 Å². The number of hydrogen-bond donors (Lipinski definition) is 1. The number of aliphatic imine (C=N–C) groups is 1. The molecule has 3 aromatic carbocycles. The van der Waals surface area contributed by atoms with E-state index in [9.17, 15) is 4.79 Å². The van der Waals surface area contributed by atoms with Gasteiger partial charge in [0.25, 0.3) is 11.0 Å². The van der Waals surface area contributed by atoms with E-state index in [0.717, 1.165) is 17.1 Å². The minimum absolute atomic E-state index is 0.104. The van der Waals surface area contributed by atoms with Crippen LogP contribution in [0.5, 0.6) is 0 Å². The summed E-state index contributed by atoms with van der Waals surface area (Å²) in [4.78, 5) is 20.9. The Labute approximate surface area is 209 Å². The number of thioether (sulfide) groups is 1. The molecule has 1 N–H and O–H groups in total. The lowest BCUT2D eigenvalue weighted by molar-refractivity contribution is -0.708. The first-order valence-electron chi connectivity index (χ1n) is 11.7. The van der Waals surface area contributed by atoms with Crippen molar-refractivity contribution >= 4 is 29.6 Å². The maximum Gasteiger partial charge on any atom is 0.271 e. The third-order valence-electron chi connectivity index (χ3n) is 6.57. The number of anilines is 1. The number of nitrogens with one attached hydrogen (secondary N) is 1. The number of pyridine rings is 1. The van der Waals surface area contributed by atoms with Crippen molar-refractivity contribution in [3.05, 3.63) is 126 Å². The number of rotatable bonds is 4. The highest BCUT2D eigenvalue weighted by atomic mass is 32.2. The molecular formula is C29H25N4OS+. The Balaban J connectivity index is 1.53. The zero-order valence-electron chi connectivity index (χ0n) is 19.3. The average Bonchev–Trinajstić information content (AvgIpc) is 3.17. The minimum atomic E-state index is -1.07. The summed E-state index contributed by atoms with van der Waals surface area (Å²) >= 11 is 1.54. The van der Waals surface area contributed by atoms with Crippen molar-refractivity contribution in [3.8, 4) is 0 Å². The number of aromatic nitrogens is 1. The molecule has 1 aromatic heterocycles. The summed E-state index contributed by atoms with van der Waals surface area (Å²) in [5.41, 5.74) is 5.38. The molecule has 4 aromatic rings. The van der Waals surface area contributed by atoms with Crippen molar-refractivity contribution in [3.63, 3.8) is 0 Å². The molecule has 1 amide bonds. The molecule has 2 aliphatic heterocycles. The summed E-state index contributed by atoms with van der Waals surface area (Å²) < 4.78 is 2.06. The smallest absolute Gasteiger partial charge is 0.271 e.